The molecule has 4 rings (SSSR count). The number of anilines is 1. The molecule has 0 saturated heterocycles. The van der Waals surface area contributed by atoms with E-state index in [1.165, 1.54) is 17.5 Å². The molecule has 0 bridgehead atoms. The van der Waals surface area contributed by atoms with Gasteiger partial charge in [0.1, 0.15) is 5.75 Å². The van der Waals surface area contributed by atoms with E-state index in [2.05, 4.69) is 21.7 Å². The quantitative estimate of drug-likeness (QED) is 0.768. The number of nitrogens with one attached hydrogen (secondary N) is 1. The second-order valence-corrected chi connectivity index (χ2v) is 6.74. The van der Waals surface area contributed by atoms with Gasteiger partial charge >= 0.3 is 0 Å². The van der Waals surface area contributed by atoms with Gasteiger partial charge in [0.15, 0.2) is 5.69 Å². The minimum atomic E-state index is -0.236. The van der Waals surface area contributed by atoms with E-state index in [1.54, 1.807) is 11.8 Å². The molecule has 6 heteroatoms. The Morgan fingerprint density at radius 2 is 1.96 bits per heavy atom. The van der Waals surface area contributed by atoms with Gasteiger partial charge < -0.3 is 10.1 Å². The predicted molar refractivity (Wildman–Crippen MR) is 104 cm³/mol. The minimum Gasteiger partial charge on any atom is -0.497 e. The summed E-state index contributed by atoms with van der Waals surface area (Å²) in [5.41, 5.74) is 5.27. The zero-order chi connectivity index (χ0) is 18.8. The number of methoxy groups -OCH3 is 1. The number of hydrogen-bond acceptors (Lipinski definition) is 4. The SMILES string of the molecule is COc1cccc(-n2nnc(C(=O)Nc3cccc4c3CCCC4)c2C)c1. The molecule has 0 aliphatic heterocycles. The smallest absolute Gasteiger partial charge is 0.278 e. The van der Waals surface area contributed by atoms with Crippen molar-refractivity contribution >= 4 is 11.6 Å². The summed E-state index contributed by atoms with van der Waals surface area (Å²) in [4.78, 5) is 12.8. The average molecular weight is 362 g/mol. The number of carbonyl (C=O) groups excluding carboxylic acids is 1. The highest BCUT2D eigenvalue weighted by Crippen LogP contribution is 2.28. The highest BCUT2D eigenvalue weighted by atomic mass is 16.5. The Morgan fingerprint density at radius 1 is 1.15 bits per heavy atom. The fraction of sp³-hybridized carbons (Fsp3) is 0.286. The van der Waals surface area contributed by atoms with Gasteiger partial charge in [-0.25, -0.2) is 4.68 Å². The minimum absolute atomic E-state index is 0.236. The van der Waals surface area contributed by atoms with Crippen LogP contribution in [0.3, 0.4) is 0 Å². The third-order valence-electron chi connectivity index (χ3n) is 5.05. The molecule has 1 aliphatic rings. The van der Waals surface area contributed by atoms with Gasteiger partial charge in [0.2, 0.25) is 0 Å². The van der Waals surface area contributed by atoms with Crippen molar-refractivity contribution in [3.8, 4) is 11.4 Å². The highest BCUT2D eigenvalue weighted by molar-refractivity contribution is 6.04. The van der Waals surface area contributed by atoms with Crippen LogP contribution in [0.5, 0.6) is 5.75 Å². The van der Waals surface area contributed by atoms with Crippen LogP contribution in [-0.2, 0) is 12.8 Å². The van der Waals surface area contributed by atoms with Crippen molar-refractivity contribution in [2.24, 2.45) is 0 Å². The Kier molecular flexibility index (Phi) is 4.62. The van der Waals surface area contributed by atoms with Gasteiger partial charge in [-0.15, -0.1) is 5.10 Å². The molecule has 0 atom stereocenters. The third-order valence-corrected chi connectivity index (χ3v) is 5.05. The molecule has 0 unspecified atom stereocenters. The first-order valence-corrected chi connectivity index (χ1v) is 9.16. The molecule has 2 aromatic carbocycles. The van der Waals surface area contributed by atoms with Crippen molar-refractivity contribution < 1.29 is 9.53 Å². The molecule has 1 aliphatic carbocycles. The predicted octanol–water partition coefficient (Wildman–Crippen LogP) is 3.72. The van der Waals surface area contributed by atoms with Crippen LogP contribution in [0.4, 0.5) is 5.69 Å². The van der Waals surface area contributed by atoms with Gasteiger partial charge in [-0.05, 0) is 61.9 Å². The second kappa shape index (κ2) is 7.23. The van der Waals surface area contributed by atoms with Crippen molar-refractivity contribution in [2.45, 2.75) is 32.6 Å². The lowest BCUT2D eigenvalue weighted by atomic mass is 9.90. The van der Waals surface area contributed by atoms with Gasteiger partial charge in [0.25, 0.3) is 5.91 Å². The van der Waals surface area contributed by atoms with Gasteiger partial charge in [0, 0.05) is 11.8 Å². The first-order chi connectivity index (χ1) is 13.2. The molecule has 0 radical (unpaired) electrons. The fourth-order valence-corrected chi connectivity index (χ4v) is 3.61. The summed E-state index contributed by atoms with van der Waals surface area (Å²) in [6.45, 7) is 1.84. The molecule has 0 fully saturated rings. The molecule has 0 saturated carbocycles. The monoisotopic (exact) mass is 362 g/mol. The zero-order valence-electron chi connectivity index (χ0n) is 15.5. The van der Waals surface area contributed by atoms with Crippen LogP contribution in [-0.4, -0.2) is 28.0 Å². The van der Waals surface area contributed by atoms with Crippen molar-refractivity contribution in [3.05, 3.63) is 65.0 Å². The Morgan fingerprint density at radius 3 is 2.81 bits per heavy atom. The maximum absolute atomic E-state index is 12.8. The maximum atomic E-state index is 12.8. The first kappa shape index (κ1) is 17.3. The average Bonchev–Trinajstić information content (AvgIpc) is 3.10. The van der Waals surface area contributed by atoms with Crippen LogP contribution < -0.4 is 10.1 Å². The van der Waals surface area contributed by atoms with Crippen molar-refractivity contribution in [3.63, 3.8) is 0 Å². The molecule has 1 aromatic heterocycles. The summed E-state index contributed by atoms with van der Waals surface area (Å²) >= 11 is 0. The molecule has 1 N–H and O–H groups in total. The van der Waals surface area contributed by atoms with Crippen molar-refractivity contribution in [1.29, 1.82) is 0 Å². The molecule has 6 nitrogen and oxygen atoms in total. The van der Waals surface area contributed by atoms with E-state index in [-0.39, 0.29) is 5.91 Å². The van der Waals surface area contributed by atoms with Crippen LogP contribution in [0.25, 0.3) is 5.69 Å². The highest BCUT2D eigenvalue weighted by Gasteiger charge is 2.20. The van der Waals surface area contributed by atoms with E-state index in [1.807, 2.05) is 43.3 Å². The van der Waals surface area contributed by atoms with E-state index in [4.69, 9.17) is 4.74 Å². The summed E-state index contributed by atoms with van der Waals surface area (Å²) in [7, 11) is 1.62. The number of hydrogen-bond donors (Lipinski definition) is 1. The summed E-state index contributed by atoms with van der Waals surface area (Å²) in [6, 6.07) is 13.6. The lowest BCUT2D eigenvalue weighted by Gasteiger charge is -2.19. The molecular weight excluding hydrogens is 340 g/mol. The van der Waals surface area contributed by atoms with Gasteiger partial charge in [-0.1, -0.05) is 23.4 Å². The number of aryl methyl sites for hydroxylation is 1. The topological polar surface area (TPSA) is 69.0 Å². The van der Waals surface area contributed by atoms with Gasteiger partial charge in [-0.2, -0.15) is 0 Å². The Bertz CT molecular complexity index is 994. The molecule has 1 amide bonds. The van der Waals surface area contributed by atoms with Gasteiger partial charge in [0.05, 0.1) is 18.5 Å². The number of aromatic nitrogens is 3. The van der Waals surface area contributed by atoms with Crippen molar-refractivity contribution in [2.75, 3.05) is 12.4 Å². The van der Waals surface area contributed by atoms with E-state index in [9.17, 15) is 4.79 Å². The van der Waals surface area contributed by atoms with Crippen LogP contribution in [0, 0.1) is 6.92 Å². The molecule has 138 valence electrons. The summed E-state index contributed by atoms with van der Waals surface area (Å²) in [5.74, 6) is 0.491. The number of ether oxygens (including phenoxy) is 1. The lowest BCUT2D eigenvalue weighted by molar-refractivity contribution is 0.102. The molecule has 0 spiro atoms. The Balaban J connectivity index is 1.61. The summed E-state index contributed by atoms with van der Waals surface area (Å²) < 4.78 is 6.91. The number of amides is 1. The zero-order valence-corrected chi connectivity index (χ0v) is 15.5. The van der Waals surface area contributed by atoms with E-state index < -0.39 is 0 Å². The number of rotatable bonds is 4. The largest absolute Gasteiger partial charge is 0.497 e. The van der Waals surface area contributed by atoms with Crippen LogP contribution in [0.15, 0.2) is 42.5 Å². The number of fused-ring (bicyclic) bond motifs is 1. The second-order valence-electron chi connectivity index (χ2n) is 6.74. The van der Waals surface area contributed by atoms with Crippen LogP contribution in [0.2, 0.25) is 0 Å². The van der Waals surface area contributed by atoms with Crippen molar-refractivity contribution in [1.82, 2.24) is 15.0 Å². The van der Waals surface area contributed by atoms with E-state index >= 15 is 0 Å². The molecular formula is C21H22N4O2. The first-order valence-electron chi connectivity index (χ1n) is 9.16. The summed E-state index contributed by atoms with van der Waals surface area (Å²) in [5, 5.41) is 11.3. The number of carbonyl (C=O) groups is 1. The molecule has 27 heavy (non-hydrogen) atoms. The van der Waals surface area contributed by atoms with Gasteiger partial charge in [-0.3, -0.25) is 4.79 Å². The lowest BCUT2D eigenvalue weighted by Crippen LogP contribution is -2.17. The molecule has 1 heterocycles. The Labute approximate surface area is 158 Å². The number of nitrogens with zero attached hydrogens (tertiary/aromatic N) is 3. The maximum Gasteiger partial charge on any atom is 0.278 e. The van der Waals surface area contributed by atoms with Crippen LogP contribution in [0.1, 0.15) is 40.2 Å². The standard InChI is InChI=1S/C21H22N4O2/c1-14-20(23-24-25(14)16-9-6-10-17(13-16)27-2)21(26)22-19-12-5-8-15-7-3-4-11-18(15)19/h5-6,8-10,12-13H,3-4,7,11H2,1-2H3,(H,22,26). The van der Waals surface area contributed by atoms with E-state index in [0.717, 1.165) is 36.4 Å². The van der Waals surface area contributed by atoms with Crippen LogP contribution >= 0.6 is 0 Å². The normalized spacial score (nSPS) is 13.1. The third kappa shape index (κ3) is 3.30. The van der Waals surface area contributed by atoms with E-state index in [0.29, 0.717) is 11.4 Å². The fourth-order valence-electron chi connectivity index (χ4n) is 3.61. The molecule has 3 aromatic rings. The Hall–Kier alpha value is -3.15. The number of benzene rings is 2. The summed E-state index contributed by atoms with van der Waals surface area (Å²) in [6.07, 6.45) is 4.44.